The van der Waals surface area contributed by atoms with Crippen LogP contribution in [0.25, 0.3) is 0 Å². The first kappa shape index (κ1) is 19.9. The molecule has 150 valence electrons. The van der Waals surface area contributed by atoms with Gasteiger partial charge in [-0.25, -0.2) is 0 Å². The van der Waals surface area contributed by atoms with E-state index in [0.717, 1.165) is 37.0 Å². The highest BCUT2D eigenvalue weighted by Gasteiger charge is 2.34. The van der Waals surface area contributed by atoms with Gasteiger partial charge in [-0.1, -0.05) is 12.1 Å². The molecule has 0 amide bonds. The summed E-state index contributed by atoms with van der Waals surface area (Å²) in [6.07, 6.45) is -4.61. The Kier molecular flexibility index (Phi) is 5.73. The number of benzene rings is 2. The fraction of sp³-hybridized carbons (Fsp3) is 0.368. The molecule has 1 aliphatic heterocycles. The average Bonchev–Trinajstić information content (AvgIpc) is 2.67. The van der Waals surface area contributed by atoms with Crippen molar-refractivity contribution >= 4 is 11.4 Å². The quantitative estimate of drug-likeness (QED) is 0.623. The number of quaternary nitrogens is 1. The molecule has 0 radical (unpaired) electrons. The van der Waals surface area contributed by atoms with E-state index in [9.17, 15) is 23.3 Å². The number of piperazine rings is 1. The largest absolute Gasteiger partial charge is 0.497 e. The highest BCUT2D eigenvalue weighted by Crippen LogP contribution is 2.36. The summed E-state index contributed by atoms with van der Waals surface area (Å²) in [7, 11) is 1.61. The van der Waals surface area contributed by atoms with Gasteiger partial charge in [-0.05, 0) is 24.3 Å². The fourth-order valence-electron chi connectivity index (χ4n) is 3.43. The second-order valence-electron chi connectivity index (χ2n) is 6.72. The molecule has 0 saturated carbocycles. The van der Waals surface area contributed by atoms with Crippen LogP contribution in [-0.2, 0) is 12.7 Å². The van der Waals surface area contributed by atoms with E-state index in [0.29, 0.717) is 19.2 Å². The number of ether oxygens (including phenoxy) is 1. The minimum atomic E-state index is -4.61. The summed E-state index contributed by atoms with van der Waals surface area (Å²) in [5, 5.41) is 11.3. The van der Waals surface area contributed by atoms with Crippen LogP contribution in [0.4, 0.5) is 24.5 Å². The third-order valence-electron chi connectivity index (χ3n) is 4.90. The molecule has 2 aromatic carbocycles. The van der Waals surface area contributed by atoms with Gasteiger partial charge in [0.15, 0.2) is 0 Å². The van der Waals surface area contributed by atoms with Crippen LogP contribution in [0.2, 0.25) is 0 Å². The molecule has 28 heavy (non-hydrogen) atoms. The number of anilines is 1. The lowest BCUT2D eigenvalue weighted by molar-refractivity contribution is -0.914. The number of hydrogen-bond acceptors (Lipinski definition) is 4. The molecule has 1 aliphatic rings. The monoisotopic (exact) mass is 396 g/mol. The number of nitro benzene ring substituents is 1. The minimum absolute atomic E-state index is 0.235. The van der Waals surface area contributed by atoms with E-state index in [4.69, 9.17) is 4.74 Å². The number of nitrogens with zero attached hydrogens (tertiary/aromatic N) is 2. The Balaban J connectivity index is 1.69. The van der Waals surface area contributed by atoms with Gasteiger partial charge in [0.2, 0.25) is 0 Å². The maximum absolute atomic E-state index is 12.9. The summed E-state index contributed by atoms with van der Waals surface area (Å²) in [6.45, 7) is 3.32. The molecule has 1 fully saturated rings. The normalized spacial score (nSPS) is 15.5. The Labute approximate surface area is 160 Å². The Hall–Kier alpha value is -2.81. The third kappa shape index (κ3) is 4.53. The Morgan fingerprint density at radius 1 is 1.18 bits per heavy atom. The third-order valence-corrected chi connectivity index (χ3v) is 4.90. The molecule has 0 aromatic heterocycles. The summed E-state index contributed by atoms with van der Waals surface area (Å²) in [5.74, 6) is 0.788. The SMILES string of the molecule is COc1cccc(C[NH+]2CCN(c3ccc(C(F)(F)F)cc3[N+](=O)[O-])CC2)c1. The first-order valence-corrected chi connectivity index (χ1v) is 8.85. The van der Waals surface area contributed by atoms with Crippen molar-refractivity contribution in [1.29, 1.82) is 0 Å². The number of alkyl halides is 3. The van der Waals surface area contributed by atoms with Crippen LogP contribution in [0.15, 0.2) is 42.5 Å². The van der Waals surface area contributed by atoms with E-state index >= 15 is 0 Å². The number of hydrogen-bond donors (Lipinski definition) is 1. The molecule has 0 aliphatic carbocycles. The molecule has 2 aromatic rings. The minimum Gasteiger partial charge on any atom is -0.497 e. The molecule has 9 heteroatoms. The smallest absolute Gasteiger partial charge is 0.416 e. The zero-order chi connectivity index (χ0) is 20.3. The highest BCUT2D eigenvalue weighted by atomic mass is 19.4. The second-order valence-corrected chi connectivity index (χ2v) is 6.72. The highest BCUT2D eigenvalue weighted by molar-refractivity contribution is 5.64. The van der Waals surface area contributed by atoms with Crippen molar-refractivity contribution in [3.63, 3.8) is 0 Å². The molecule has 1 saturated heterocycles. The first-order valence-electron chi connectivity index (χ1n) is 8.85. The van der Waals surface area contributed by atoms with Gasteiger partial charge in [0.05, 0.1) is 43.8 Å². The van der Waals surface area contributed by atoms with Gasteiger partial charge in [-0.2, -0.15) is 13.2 Å². The van der Waals surface area contributed by atoms with Crippen LogP contribution in [0, 0.1) is 10.1 Å². The lowest BCUT2D eigenvalue weighted by atomic mass is 10.1. The molecule has 0 spiro atoms. The van der Waals surface area contributed by atoms with Gasteiger partial charge < -0.3 is 14.5 Å². The van der Waals surface area contributed by atoms with Crippen molar-refractivity contribution in [3.8, 4) is 5.75 Å². The van der Waals surface area contributed by atoms with Crippen molar-refractivity contribution in [2.75, 3.05) is 38.2 Å². The molecular weight excluding hydrogens is 375 g/mol. The van der Waals surface area contributed by atoms with E-state index in [1.54, 1.807) is 12.0 Å². The fourth-order valence-corrected chi connectivity index (χ4v) is 3.43. The number of halogens is 3. The summed E-state index contributed by atoms with van der Waals surface area (Å²) < 4.78 is 43.8. The Bertz CT molecular complexity index is 850. The van der Waals surface area contributed by atoms with Crippen LogP contribution in [0.3, 0.4) is 0 Å². The van der Waals surface area contributed by atoms with Crippen LogP contribution in [-0.4, -0.2) is 38.2 Å². The van der Waals surface area contributed by atoms with Crippen molar-refractivity contribution in [1.82, 2.24) is 0 Å². The predicted molar refractivity (Wildman–Crippen MR) is 97.7 cm³/mol. The van der Waals surface area contributed by atoms with E-state index in [-0.39, 0.29) is 5.69 Å². The van der Waals surface area contributed by atoms with Crippen LogP contribution >= 0.6 is 0 Å². The Morgan fingerprint density at radius 3 is 2.50 bits per heavy atom. The topological polar surface area (TPSA) is 60.0 Å². The van der Waals surface area contributed by atoms with Crippen LogP contribution in [0.5, 0.6) is 5.75 Å². The molecule has 6 nitrogen and oxygen atoms in total. The van der Waals surface area contributed by atoms with E-state index in [1.807, 2.05) is 24.3 Å². The maximum atomic E-state index is 12.9. The molecule has 1 heterocycles. The molecule has 1 N–H and O–H groups in total. The number of nitro groups is 1. The number of rotatable bonds is 5. The van der Waals surface area contributed by atoms with E-state index in [2.05, 4.69) is 0 Å². The molecule has 3 rings (SSSR count). The van der Waals surface area contributed by atoms with Crippen molar-refractivity contribution < 1.29 is 27.7 Å². The predicted octanol–water partition coefficient (Wildman–Crippen LogP) is 2.53. The van der Waals surface area contributed by atoms with Crippen LogP contribution in [0.1, 0.15) is 11.1 Å². The average molecular weight is 396 g/mol. The second kappa shape index (κ2) is 8.05. The summed E-state index contributed by atoms with van der Waals surface area (Å²) in [6, 6.07) is 10.5. The zero-order valence-electron chi connectivity index (χ0n) is 15.3. The van der Waals surface area contributed by atoms with Crippen molar-refractivity contribution in [2.45, 2.75) is 12.7 Å². The molecule has 0 atom stereocenters. The van der Waals surface area contributed by atoms with Gasteiger partial charge in [0.1, 0.15) is 18.0 Å². The summed E-state index contributed by atoms with van der Waals surface area (Å²) >= 11 is 0. The van der Waals surface area contributed by atoms with Gasteiger partial charge in [0, 0.05) is 11.6 Å². The summed E-state index contributed by atoms with van der Waals surface area (Å²) in [5.41, 5.74) is -0.155. The van der Waals surface area contributed by atoms with Gasteiger partial charge in [0.25, 0.3) is 5.69 Å². The number of nitrogens with one attached hydrogen (secondary N) is 1. The lowest BCUT2D eigenvalue weighted by Crippen LogP contribution is -3.13. The van der Waals surface area contributed by atoms with Gasteiger partial charge in [-0.15, -0.1) is 0 Å². The molecular formula is C19H21F3N3O3+. The molecule has 0 unspecified atom stereocenters. The molecule has 0 bridgehead atoms. The maximum Gasteiger partial charge on any atom is 0.416 e. The van der Waals surface area contributed by atoms with Crippen molar-refractivity contribution in [3.05, 3.63) is 63.7 Å². The van der Waals surface area contributed by atoms with Gasteiger partial charge in [-0.3, -0.25) is 10.1 Å². The lowest BCUT2D eigenvalue weighted by Gasteiger charge is -2.33. The standard InChI is InChI=1S/C19H20F3N3O3/c1-28-16-4-2-3-14(11-16)13-23-7-9-24(10-8-23)17-6-5-15(19(20,21)22)12-18(17)25(26)27/h2-6,11-12H,7-10,13H2,1H3/p+1. The van der Waals surface area contributed by atoms with E-state index in [1.165, 1.54) is 11.0 Å². The van der Waals surface area contributed by atoms with Crippen LogP contribution < -0.4 is 14.5 Å². The Morgan fingerprint density at radius 2 is 1.89 bits per heavy atom. The van der Waals surface area contributed by atoms with E-state index < -0.39 is 22.4 Å². The summed E-state index contributed by atoms with van der Waals surface area (Å²) in [4.78, 5) is 13.6. The van der Waals surface area contributed by atoms with Gasteiger partial charge >= 0.3 is 6.18 Å². The van der Waals surface area contributed by atoms with Crippen molar-refractivity contribution in [2.24, 2.45) is 0 Å². The number of methoxy groups -OCH3 is 1. The first-order chi connectivity index (χ1) is 13.3. The zero-order valence-corrected chi connectivity index (χ0v) is 15.3.